The van der Waals surface area contributed by atoms with Crippen molar-refractivity contribution in [3.63, 3.8) is 0 Å². The Bertz CT molecular complexity index is 666. The molecule has 0 unspecified atom stereocenters. The standard InChI is InChI=1S/C12H7Cl2F4N3/c13-6-1-5(15)2-7(14)11(6)21-9-3-10(12(16,17)18)20-4-8(9)19/h1-4H,19H2,(H,20,21). The van der Waals surface area contributed by atoms with Crippen LogP contribution in [0.1, 0.15) is 5.69 Å². The molecule has 0 atom stereocenters. The number of rotatable bonds is 2. The second kappa shape index (κ2) is 5.57. The summed E-state index contributed by atoms with van der Waals surface area (Å²) in [5.74, 6) is -0.672. The monoisotopic (exact) mass is 339 g/mol. The SMILES string of the molecule is Nc1cnc(C(F)(F)F)cc1Nc1c(Cl)cc(F)cc1Cl. The summed E-state index contributed by atoms with van der Waals surface area (Å²) in [6, 6.07) is 2.65. The van der Waals surface area contributed by atoms with Gasteiger partial charge in [0, 0.05) is 0 Å². The Balaban J connectivity index is 2.45. The second-order valence-electron chi connectivity index (χ2n) is 4.02. The Kier molecular flexibility index (Phi) is 4.15. The van der Waals surface area contributed by atoms with Crippen molar-refractivity contribution in [2.24, 2.45) is 0 Å². The number of alkyl halides is 3. The highest BCUT2D eigenvalue weighted by Gasteiger charge is 2.33. The number of halogens is 6. The fourth-order valence-corrected chi connectivity index (χ4v) is 2.08. The Morgan fingerprint density at radius 2 is 1.67 bits per heavy atom. The molecule has 112 valence electrons. The van der Waals surface area contributed by atoms with Crippen LogP contribution >= 0.6 is 23.2 Å². The Hall–Kier alpha value is -1.73. The van der Waals surface area contributed by atoms with Crippen LogP contribution in [-0.2, 0) is 6.18 Å². The van der Waals surface area contributed by atoms with Gasteiger partial charge in [0.1, 0.15) is 11.5 Å². The fraction of sp³-hybridized carbons (Fsp3) is 0.0833. The van der Waals surface area contributed by atoms with E-state index in [0.29, 0.717) is 6.07 Å². The van der Waals surface area contributed by atoms with Crippen molar-refractivity contribution < 1.29 is 17.6 Å². The van der Waals surface area contributed by atoms with E-state index >= 15 is 0 Å². The maximum absolute atomic E-state index is 13.1. The molecule has 0 saturated heterocycles. The maximum Gasteiger partial charge on any atom is 0.433 e. The van der Waals surface area contributed by atoms with Crippen molar-refractivity contribution in [3.05, 3.63) is 46.0 Å². The van der Waals surface area contributed by atoms with Gasteiger partial charge in [-0.05, 0) is 18.2 Å². The van der Waals surface area contributed by atoms with Gasteiger partial charge in [0.15, 0.2) is 0 Å². The first-order valence-corrected chi connectivity index (χ1v) is 6.18. The van der Waals surface area contributed by atoms with Gasteiger partial charge in [-0.3, -0.25) is 0 Å². The molecule has 9 heteroatoms. The van der Waals surface area contributed by atoms with E-state index in [0.717, 1.165) is 18.3 Å². The average Bonchev–Trinajstić information content (AvgIpc) is 2.34. The number of hydrogen-bond acceptors (Lipinski definition) is 3. The van der Waals surface area contributed by atoms with E-state index in [-0.39, 0.29) is 27.1 Å². The number of benzene rings is 1. The normalized spacial score (nSPS) is 11.5. The summed E-state index contributed by atoms with van der Waals surface area (Å²) >= 11 is 11.6. The Morgan fingerprint density at radius 1 is 1.10 bits per heavy atom. The minimum atomic E-state index is -4.62. The first-order valence-electron chi connectivity index (χ1n) is 5.43. The molecule has 0 fully saturated rings. The van der Waals surface area contributed by atoms with E-state index in [9.17, 15) is 17.6 Å². The van der Waals surface area contributed by atoms with Gasteiger partial charge >= 0.3 is 6.18 Å². The summed E-state index contributed by atoms with van der Waals surface area (Å²) in [5.41, 5.74) is 4.34. The second-order valence-corrected chi connectivity index (χ2v) is 4.84. The van der Waals surface area contributed by atoms with Gasteiger partial charge in [-0.15, -0.1) is 0 Å². The highest BCUT2D eigenvalue weighted by Crippen LogP contribution is 2.37. The summed E-state index contributed by atoms with van der Waals surface area (Å²) in [4.78, 5) is 3.19. The molecule has 2 aromatic rings. The fourth-order valence-electron chi connectivity index (χ4n) is 1.53. The van der Waals surface area contributed by atoms with Gasteiger partial charge in [-0.2, -0.15) is 13.2 Å². The summed E-state index contributed by atoms with van der Waals surface area (Å²) in [6.07, 6.45) is -3.77. The first kappa shape index (κ1) is 15.7. The smallest absolute Gasteiger partial charge is 0.396 e. The van der Waals surface area contributed by atoms with Crippen molar-refractivity contribution in [2.75, 3.05) is 11.1 Å². The third kappa shape index (κ3) is 3.48. The summed E-state index contributed by atoms with van der Waals surface area (Å²) in [6.45, 7) is 0. The number of aromatic nitrogens is 1. The molecule has 1 heterocycles. The average molecular weight is 340 g/mol. The molecule has 1 aromatic heterocycles. The van der Waals surface area contributed by atoms with Crippen LogP contribution in [0.25, 0.3) is 0 Å². The third-order valence-electron chi connectivity index (χ3n) is 2.49. The first-order chi connectivity index (χ1) is 9.68. The van der Waals surface area contributed by atoms with Crippen LogP contribution in [0.5, 0.6) is 0 Å². The molecule has 0 amide bonds. The van der Waals surface area contributed by atoms with Crippen molar-refractivity contribution in [3.8, 4) is 0 Å². The number of pyridine rings is 1. The number of nitrogens with two attached hydrogens (primary N) is 1. The zero-order valence-corrected chi connectivity index (χ0v) is 11.6. The molecular weight excluding hydrogens is 333 g/mol. The van der Waals surface area contributed by atoms with Crippen molar-refractivity contribution in [1.82, 2.24) is 4.98 Å². The Morgan fingerprint density at radius 3 is 2.19 bits per heavy atom. The van der Waals surface area contributed by atoms with E-state index in [4.69, 9.17) is 28.9 Å². The molecule has 3 nitrogen and oxygen atoms in total. The molecule has 0 spiro atoms. The number of nitrogens with zero attached hydrogens (tertiary/aromatic N) is 1. The zero-order chi connectivity index (χ0) is 15.8. The summed E-state index contributed by atoms with van der Waals surface area (Å²) in [5, 5.41) is 2.37. The third-order valence-corrected chi connectivity index (χ3v) is 3.09. The lowest BCUT2D eigenvalue weighted by Gasteiger charge is -2.14. The van der Waals surface area contributed by atoms with Crippen LogP contribution in [0.15, 0.2) is 24.4 Å². The topological polar surface area (TPSA) is 50.9 Å². The van der Waals surface area contributed by atoms with Crippen molar-refractivity contribution >= 4 is 40.3 Å². The van der Waals surface area contributed by atoms with E-state index in [2.05, 4.69) is 10.3 Å². The summed E-state index contributed by atoms with van der Waals surface area (Å²) in [7, 11) is 0. The highest BCUT2D eigenvalue weighted by atomic mass is 35.5. The van der Waals surface area contributed by atoms with Crippen LogP contribution in [0, 0.1) is 5.82 Å². The van der Waals surface area contributed by atoms with Gasteiger partial charge in [-0.25, -0.2) is 9.37 Å². The van der Waals surface area contributed by atoms with Gasteiger partial charge < -0.3 is 11.1 Å². The summed E-state index contributed by atoms with van der Waals surface area (Å²) < 4.78 is 50.9. The van der Waals surface area contributed by atoms with E-state index < -0.39 is 17.7 Å². The largest absolute Gasteiger partial charge is 0.433 e. The lowest BCUT2D eigenvalue weighted by Crippen LogP contribution is -2.09. The Labute approximate surface area is 126 Å². The molecule has 0 aliphatic carbocycles. The molecular formula is C12H7Cl2F4N3. The van der Waals surface area contributed by atoms with E-state index in [1.807, 2.05) is 0 Å². The minimum Gasteiger partial charge on any atom is -0.396 e. The van der Waals surface area contributed by atoms with Crippen molar-refractivity contribution in [2.45, 2.75) is 6.18 Å². The number of anilines is 3. The quantitative estimate of drug-likeness (QED) is 0.767. The number of hydrogen-bond donors (Lipinski definition) is 2. The maximum atomic E-state index is 13.1. The van der Waals surface area contributed by atoms with Crippen LogP contribution < -0.4 is 11.1 Å². The molecule has 0 saturated carbocycles. The van der Waals surface area contributed by atoms with E-state index in [1.165, 1.54) is 0 Å². The van der Waals surface area contributed by atoms with Crippen LogP contribution in [0.2, 0.25) is 10.0 Å². The van der Waals surface area contributed by atoms with Gasteiger partial charge in [-0.1, -0.05) is 23.2 Å². The zero-order valence-electron chi connectivity index (χ0n) is 10.1. The van der Waals surface area contributed by atoms with Crippen LogP contribution in [0.3, 0.4) is 0 Å². The number of nitrogens with one attached hydrogen (secondary N) is 1. The molecule has 2 rings (SSSR count). The van der Waals surface area contributed by atoms with Gasteiger partial charge in [0.25, 0.3) is 0 Å². The molecule has 0 aliphatic heterocycles. The van der Waals surface area contributed by atoms with Crippen LogP contribution in [0.4, 0.5) is 34.6 Å². The molecule has 1 aromatic carbocycles. The van der Waals surface area contributed by atoms with Crippen LogP contribution in [-0.4, -0.2) is 4.98 Å². The lowest BCUT2D eigenvalue weighted by molar-refractivity contribution is -0.141. The molecule has 0 bridgehead atoms. The van der Waals surface area contributed by atoms with Crippen molar-refractivity contribution in [1.29, 1.82) is 0 Å². The number of nitrogen functional groups attached to an aromatic ring is 1. The van der Waals surface area contributed by atoms with E-state index in [1.54, 1.807) is 0 Å². The molecule has 0 aliphatic rings. The predicted molar refractivity (Wildman–Crippen MR) is 73.4 cm³/mol. The highest BCUT2D eigenvalue weighted by molar-refractivity contribution is 6.39. The minimum absolute atomic E-state index is 0.0422. The van der Waals surface area contributed by atoms with Gasteiger partial charge in [0.2, 0.25) is 0 Å². The van der Waals surface area contributed by atoms with Gasteiger partial charge in [0.05, 0.1) is 33.3 Å². The lowest BCUT2D eigenvalue weighted by atomic mass is 10.2. The predicted octanol–water partition coefficient (Wildman–Crippen LogP) is 4.87. The molecule has 0 radical (unpaired) electrons. The molecule has 3 N–H and O–H groups in total. The molecule has 21 heavy (non-hydrogen) atoms.